The van der Waals surface area contributed by atoms with Gasteiger partial charge < -0.3 is 21.3 Å². The summed E-state index contributed by atoms with van der Waals surface area (Å²) in [6.07, 6.45) is 4.94. The highest BCUT2D eigenvalue weighted by molar-refractivity contribution is 7.80. The fourth-order valence-corrected chi connectivity index (χ4v) is 3.85. The molecular weight excluding hydrogens is 390 g/mol. The van der Waals surface area contributed by atoms with Gasteiger partial charge in [0, 0.05) is 54.4 Å². The second-order valence-electron chi connectivity index (χ2n) is 7.39. The normalized spacial score (nSPS) is 14.9. The van der Waals surface area contributed by atoms with Crippen LogP contribution in [0.5, 0.6) is 0 Å². The number of rotatable bonds is 7. The molecule has 0 spiro atoms. The lowest BCUT2D eigenvalue weighted by molar-refractivity contribution is 0.710. The maximum Gasteiger partial charge on any atom is 0.170 e. The predicted molar refractivity (Wildman–Crippen MR) is 135 cm³/mol. The lowest BCUT2D eigenvalue weighted by Crippen LogP contribution is -2.30. The van der Waals surface area contributed by atoms with Crippen molar-refractivity contribution >= 4 is 45.2 Å². The van der Waals surface area contributed by atoms with E-state index in [0.717, 1.165) is 67.1 Å². The van der Waals surface area contributed by atoms with Gasteiger partial charge in [-0.25, -0.2) is 0 Å². The van der Waals surface area contributed by atoms with Crippen molar-refractivity contribution in [2.24, 2.45) is 4.99 Å². The minimum atomic E-state index is 0.618. The fraction of sp³-hybridized carbons (Fsp3) is 0.333. The molecule has 1 heterocycles. The van der Waals surface area contributed by atoms with Gasteiger partial charge in [-0.1, -0.05) is 36.9 Å². The maximum atomic E-state index is 5.52. The van der Waals surface area contributed by atoms with Crippen LogP contribution in [0.15, 0.2) is 65.3 Å². The molecule has 1 aliphatic heterocycles. The van der Waals surface area contributed by atoms with Crippen molar-refractivity contribution in [3.05, 3.63) is 60.3 Å². The van der Waals surface area contributed by atoms with Gasteiger partial charge in [0.15, 0.2) is 5.11 Å². The first-order chi connectivity index (χ1) is 14.6. The summed E-state index contributed by atoms with van der Waals surface area (Å²) in [5.74, 6) is 0. The van der Waals surface area contributed by atoms with E-state index in [9.17, 15) is 0 Å². The number of anilines is 2. The molecule has 0 aromatic heterocycles. The van der Waals surface area contributed by atoms with Crippen molar-refractivity contribution in [2.75, 3.05) is 37.3 Å². The molecule has 4 N–H and O–H groups in total. The number of benzene rings is 2. The smallest absolute Gasteiger partial charge is 0.170 e. The van der Waals surface area contributed by atoms with E-state index in [0.29, 0.717) is 5.11 Å². The van der Waals surface area contributed by atoms with Gasteiger partial charge in [-0.2, -0.15) is 0 Å². The fourth-order valence-electron chi connectivity index (χ4n) is 3.64. The number of nitrogens with one attached hydrogen (secondary N) is 4. The highest BCUT2D eigenvalue weighted by atomic mass is 32.1. The Morgan fingerprint density at radius 1 is 1.20 bits per heavy atom. The molecule has 0 amide bonds. The molecule has 5 nitrogen and oxygen atoms in total. The van der Waals surface area contributed by atoms with Crippen molar-refractivity contribution in [2.45, 2.75) is 26.2 Å². The molecule has 2 aromatic rings. The van der Waals surface area contributed by atoms with E-state index in [1.807, 2.05) is 25.3 Å². The van der Waals surface area contributed by atoms with Crippen molar-refractivity contribution in [3.8, 4) is 0 Å². The highest BCUT2D eigenvalue weighted by Crippen LogP contribution is 2.29. The third-order valence-electron chi connectivity index (χ3n) is 5.25. The van der Waals surface area contributed by atoms with Crippen molar-refractivity contribution in [3.63, 3.8) is 0 Å². The monoisotopic (exact) mass is 421 g/mol. The molecule has 0 saturated heterocycles. The summed E-state index contributed by atoms with van der Waals surface area (Å²) >= 11 is 5.52. The van der Waals surface area contributed by atoms with Crippen LogP contribution < -0.4 is 21.3 Å². The molecule has 0 fully saturated rings. The van der Waals surface area contributed by atoms with Crippen LogP contribution >= 0.6 is 12.2 Å². The van der Waals surface area contributed by atoms with Gasteiger partial charge in [-0.3, -0.25) is 4.99 Å². The Kier molecular flexibility index (Phi) is 7.99. The molecule has 0 unspecified atom stereocenters. The van der Waals surface area contributed by atoms with E-state index in [1.54, 1.807) is 0 Å². The second kappa shape index (κ2) is 10.9. The van der Waals surface area contributed by atoms with Gasteiger partial charge in [0.25, 0.3) is 0 Å². The number of hydrogen-bond acceptors (Lipinski definition) is 4. The molecule has 1 aliphatic rings. The average molecular weight is 422 g/mol. The number of nitrogens with zero attached hydrogens (tertiary/aromatic N) is 1. The largest absolute Gasteiger partial charge is 0.388 e. The Bertz CT molecular complexity index is 977. The topological polar surface area (TPSA) is 60.5 Å². The summed E-state index contributed by atoms with van der Waals surface area (Å²) in [5, 5.41) is 16.2. The molecule has 0 saturated carbocycles. The van der Waals surface area contributed by atoms with Crippen LogP contribution in [-0.2, 0) is 0 Å². The SMILES string of the molecule is C=CC1=C(N=C(C)CCNC(=S)Nc2ccc(NC)c3ccccc23)CNCCC1. The number of hydrogen-bond donors (Lipinski definition) is 4. The molecule has 0 radical (unpaired) electrons. The summed E-state index contributed by atoms with van der Waals surface area (Å²) in [5.41, 5.74) is 5.55. The maximum absolute atomic E-state index is 5.52. The molecule has 6 heteroatoms. The first-order valence-corrected chi connectivity index (χ1v) is 10.9. The van der Waals surface area contributed by atoms with Gasteiger partial charge in [-0.15, -0.1) is 0 Å². The van der Waals surface area contributed by atoms with Crippen LogP contribution in [0, 0.1) is 0 Å². The minimum Gasteiger partial charge on any atom is -0.388 e. The van der Waals surface area contributed by atoms with Crippen LogP contribution in [-0.4, -0.2) is 37.5 Å². The van der Waals surface area contributed by atoms with Crippen molar-refractivity contribution in [1.29, 1.82) is 0 Å². The molecule has 0 bridgehead atoms. The Hall–Kier alpha value is -2.70. The number of aliphatic imine (C=N–C) groups is 1. The lowest BCUT2D eigenvalue weighted by atomic mass is 10.1. The number of thiocarbonyl (C=S) groups is 1. The molecule has 2 aromatic carbocycles. The van der Waals surface area contributed by atoms with E-state index >= 15 is 0 Å². The zero-order valence-corrected chi connectivity index (χ0v) is 18.7. The predicted octanol–water partition coefficient (Wildman–Crippen LogP) is 4.84. The molecular formula is C24H31N5S. The van der Waals surface area contributed by atoms with Gasteiger partial charge in [-0.05, 0) is 56.2 Å². The standard InChI is InChI=1S/C24H31N5S/c1-4-18-8-7-14-26-16-23(18)28-17(2)13-15-27-24(30)29-22-12-11-21(25-3)19-9-5-6-10-20(19)22/h4-6,9-12,25-26H,1,7-8,13-16H2,2-3H3,(H2,27,29,30). The van der Waals surface area contributed by atoms with E-state index in [-0.39, 0.29) is 0 Å². The first-order valence-electron chi connectivity index (χ1n) is 10.5. The molecule has 158 valence electrons. The molecule has 3 rings (SSSR count). The quantitative estimate of drug-likeness (QED) is 0.381. The lowest BCUT2D eigenvalue weighted by Gasteiger charge is -2.15. The zero-order valence-electron chi connectivity index (χ0n) is 17.8. The highest BCUT2D eigenvalue weighted by Gasteiger charge is 2.09. The molecule has 30 heavy (non-hydrogen) atoms. The van der Waals surface area contributed by atoms with Gasteiger partial charge in [0.1, 0.15) is 0 Å². The molecule has 0 atom stereocenters. The Morgan fingerprint density at radius 3 is 2.67 bits per heavy atom. The Balaban J connectivity index is 1.58. The minimum absolute atomic E-state index is 0.618. The average Bonchev–Trinajstić information content (AvgIpc) is 2.98. The zero-order chi connectivity index (χ0) is 21.3. The van der Waals surface area contributed by atoms with E-state index in [2.05, 4.69) is 59.0 Å². The number of fused-ring (bicyclic) bond motifs is 1. The van der Waals surface area contributed by atoms with Crippen molar-refractivity contribution in [1.82, 2.24) is 10.6 Å². The third kappa shape index (κ3) is 5.68. The van der Waals surface area contributed by atoms with E-state index in [1.165, 1.54) is 11.0 Å². The summed E-state index contributed by atoms with van der Waals surface area (Å²) < 4.78 is 0. The summed E-state index contributed by atoms with van der Waals surface area (Å²) in [4.78, 5) is 4.84. The Labute approximate surface area is 184 Å². The first kappa shape index (κ1) is 22.0. The van der Waals surface area contributed by atoms with Crippen LogP contribution in [0.2, 0.25) is 0 Å². The third-order valence-corrected chi connectivity index (χ3v) is 5.50. The number of allylic oxidation sites excluding steroid dienone is 2. The summed E-state index contributed by atoms with van der Waals surface area (Å²) in [6, 6.07) is 12.4. The second-order valence-corrected chi connectivity index (χ2v) is 7.80. The van der Waals surface area contributed by atoms with Crippen LogP contribution in [0.4, 0.5) is 11.4 Å². The van der Waals surface area contributed by atoms with Crippen LogP contribution in [0.3, 0.4) is 0 Å². The summed E-state index contributed by atoms with van der Waals surface area (Å²) in [6.45, 7) is 8.58. The summed E-state index contributed by atoms with van der Waals surface area (Å²) in [7, 11) is 1.93. The molecule has 0 aliphatic carbocycles. The Morgan fingerprint density at radius 2 is 1.93 bits per heavy atom. The van der Waals surface area contributed by atoms with Crippen LogP contribution in [0.1, 0.15) is 26.2 Å². The van der Waals surface area contributed by atoms with E-state index in [4.69, 9.17) is 17.2 Å². The van der Waals surface area contributed by atoms with Gasteiger partial charge >= 0.3 is 0 Å². The van der Waals surface area contributed by atoms with Gasteiger partial charge in [0.05, 0.1) is 5.70 Å². The van der Waals surface area contributed by atoms with E-state index < -0.39 is 0 Å². The van der Waals surface area contributed by atoms with Crippen LogP contribution in [0.25, 0.3) is 10.8 Å². The van der Waals surface area contributed by atoms with Crippen molar-refractivity contribution < 1.29 is 0 Å². The van der Waals surface area contributed by atoms with Gasteiger partial charge in [0.2, 0.25) is 0 Å².